The van der Waals surface area contributed by atoms with Gasteiger partial charge in [-0.05, 0) is 442 Å². The van der Waals surface area contributed by atoms with E-state index in [0.29, 0.717) is 29.1 Å². The topological polar surface area (TPSA) is 193 Å². The lowest BCUT2D eigenvalue weighted by Crippen LogP contribution is -2.53. The molecule has 0 heterocycles. The number of rotatable bonds is 26. The molecule has 15 nitrogen and oxygen atoms in total. The molecule has 0 radical (unpaired) electrons. The third-order valence-electron chi connectivity index (χ3n) is 38.2. The smallest absolute Gasteiger partial charge is 0.313 e. The van der Waals surface area contributed by atoms with Gasteiger partial charge in [0.05, 0.1) is 43.5 Å². The molecule has 0 aromatic rings. The van der Waals surface area contributed by atoms with Crippen molar-refractivity contribution in [3.8, 4) is 0 Å². The number of carbonyl (C=O) groups excluding carboxylic acids is 7. The third kappa shape index (κ3) is 45.3. The van der Waals surface area contributed by atoms with Crippen LogP contribution in [0, 0.1) is 102 Å². The Morgan fingerprint density at radius 2 is 0.527 bits per heavy atom. The lowest BCUT2D eigenvalue weighted by molar-refractivity contribution is -0.248. The first-order valence-electron chi connectivity index (χ1n) is 56.5. The van der Waals surface area contributed by atoms with Crippen molar-refractivity contribution in [3.05, 3.63) is 0 Å². The third-order valence-corrected chi connectivity index (χ3v) is 38.2. The highest BCUT2D eigenvalue weighted by Crippen LogP contribution is 2.74. The van der Waals surface area contributed by atoms with Crippen LogP contribution >= 0.6 is 0 Å². The van der Waals surface area contributed by atoms with Gasteiger partial charge >= 0.3 is 41.8 Å². The first kappa shape index (κ1) is 162. The molecule has 1 spiro atoms. The van der Waals surface area contributed by atoms with E-state index in [1.54, 1.807) is 0 Å². The first-order chi connectivity index (χ1) is 62.2. The summed E-state index contributed by atoms with van der Waals surface area (Å²) >= 11 is 0. The molecule has 13 aliphatic carbocycles. The maximum absolute atomic E-state index is 12.8. The summed E-state index contributed by atoms with van der Waals surface area (Å²) in [6.07, 6.45) is 63.7. The van der Waals surface area contributed by atoms with Gasteiger partial charge in [0.25, 0.3) is 0 Å². The number of hydrogen-bond donors (Lipinski definition) is 0. The van der Waals surface area contributed by atoms with Gasteiger partial charge < -0.3 is 37.9 Å². The summed E-state index contributed by atoms with van der Waals surface area (Å²) in [5, 5.41) is 0. The Balaban J connectivity index is -0.000000215. The maximum atomic E-state index is 12.8. The molecule has 0 N–H and O–H groups in total. The molecule has 6 bridgehead atoms. The summed E-state index contributed by atoms with van der Waals surface area (Å²) < 4.78 is 47.7. The standard InChI is InChI=1S/C21H36O2.C20H36O2.C18H30O3.C17H32O2.2C15H28O2.C13H24O2.14CH4/c1-8-18(3,4)17(22)23-20(7)11-12-21-13-16(20)19(5,6)15(21)10-9-14(21)2;1-5-19(2,3)18(21)22-20(4,16-12-8-6-9-13-16)17-14-10-7-11-15-17;1-5-17(3,4)16(19)20-12(2)21-18-9-13-6-14(10-18)8-15(7-13)11-18;1-5-16(2,3)15(18)19-17(4)13-11-9-7-6-8-10-12-14-17;1-6-14(2,3)13(16)17-15(4,5)12-10-8-7-9-11-12;1-5-14(2,3)13(16)17-15(4)11-9-7-6-8-10-12-15;1-5-12(2,3)11(14)15-13(4)9-7-6-8-10-13;;;;;;;;;;;;;;/h14-16H,8-13H2,1-7H3;16-17H,5-15H2,1-4H3;12-15H,5-11H2,1-4H3;5-14H2,1-4H3;12H,6-11H2,1-5H3;5-12H2,1-4H3;5-10H2,1-4H3;14*1H4. The molecule has 13 aliphatic rings. The van der Waals surface area contributed by atoms with Gasteiger partial charge in [-0.1, -0.05) is 289 Å². The van der Waals surface area contributed by atoms with Crippen molar-refractivity contribution in [2.24, 2.45) is 102 Å². The highest BCUT2D eigenvalue weighted by Gasteiger charge is 2.69. The van der Waals surface area contributed by atoms with Crippen molar-refractivity contribution in [2.45, 2.75) is 718 Å². The predicted octanol–water partition coefficient (Wildman–Crippen LogP) is 42.4. The van der Waals surface area contributed by atoms with Crippen molar-refractivity contribution in [3.63, 3.8) is 0 Å². The first-order valence-corrected chi connectivity index (χ1v) is 56.5. The zero-order valence-corrected chi connectivity index (χ0v) is 93.6. The van der Waals surface area contributed by atoms with Crippen LogP contribution in [0.4, 0.5) is 0 Å². The van der Waals surface area contributed by atoms with E-state index in [4.69, 9.17) is 37.9 Å². The van der Waals surface area contributed by atoms with E-state index in [9.17, 15) is 33.6 Å². The zero-order valence-electron chi connectivity index (χ0n) is 93.6. The molecule has 0 aromatic carbocycles. The van der Waals surface area contributed by atoms with Crippen LogP contribution < -0.4 is 0 Å². The second kappa shape index (κ2) is 68.8. The molecule has 13 saturated carbocycles. The second-order valence-corrected chi connectivity index (χ2v) is 52.8. The molecule has 15 heteroatoms. The Labute approximate surface area is 927 Å². The van der Waals surface area contributed by atoms with E-state index in [1.807, 2.05) is 132 Å². The Morgan fingerprint density at radius 3 is 0.824 bits per heavy atom. The van der Waals surface area contributed by atoms with Gasteiger partial charge in [-0.25, -0.2) is 0 Å². The van der Waals surface area contributed by atoms with Crippen LogP contribution in [0.2, 0.25) is 0 Å². The van der Waals surface area contributed by atoms with E-state index in [-0.39, 0.29) is 223 Å². The molecule has 0 saturated heterocycles. The fourth-order valence-electron chi connectivity index (χ4n) is 25.0. The van der Waals surface area contributed by atoms with Crippen molar-refractivity contribution in [2.75, 3.05) is 0 Å². The fraction of sp³-hybridized carbons (Fsp3) is 0.947. The van der Waals surface area contributed by atoms with Gasteiger partial charge in [-0.15, -0.1) is 0 Å². The summed E-state index contributed by atoms with van der Waals surface area (Å²) in [6.45, 7) is 66.3. The van der Waals surface area contributed by atoms with Crippen LogP contribution in [0.25, 0.3) is 0 Å². The maximum Gasteiger partial charge on any atom is 0.313 e. The van der Waals surface area contributed by atoms with Gasteiger partial charge in [0, 0.05) is 5.92 Å². The Bertz CT molecular complexity index is 3480. The van der Waals surface area contributed by atoms with E-state index in [2.05, 4.69) is 90.0 Å². The van der Waals surface area contributed by atoms with Gasteiger partial charge in [0.1, 0.15) is 33.6 Å². The predicted molar refractivity (Wildman–Crippen MR) is 645 cm³/mol. The minimum absolute atomic E-state index is 0. The average Bonchev–Trinajstić information content (AvgIpc) is 1.52. The molecular formula is C133H270O15. The molecule has 13 fully saturated rings. The molecule has 13 rings (SSSR count). The summed E-state index contributed by atoms with van der Waals surface area (Å²) in [4.78, 5) is 86.2. The summed E-state index contributed by atoms with van der Waals surface area (Å²) in [6, 6.07) is 0. The highest BCUT2D eigenvalue weighted by molar-refractivity contribution is 5.79. The van der Waals surface area contributed by atoms with Gasteiger partial charge in [-0.2, -0.15) is 0 Å². The fourth-order valence-corrected chi connectivity index (χ4v) is 25.0. The quantitative estimate of drug-likeness (QED) is 0.0451. The van der Waals surface area contributed by atoms with Gasteiger partial charge in [-0.3, -0.25) is 33.6 Å². The zero-order chi connectivity index (χ0) is 101. The van der Waals surface area contributed by atoms with Crippen molar-refractivity contribution in [1.29, 1.82) is 0 Å². The number of esters is 7. The Morgan fingerprint density at radius 1 is 0.277 bits per heavy atom. The molecule has 0 aromatic heterocycles. The Hall–Kier alpha value is -3.75. The van der Waals surface area contributed by atoms with Crippen molar-refractivity contribution in [1.82, 2.24) is 0 Å². The molecule has 6 unspecified atom stereocenters. The van der Waals surface area contributed by atoms with Crippen molar-refractivity contribution < 1.29 is 71.5 Å². The Kier molecular flexibility index (Phi) is 75.2. The molecule has 0 aliphatic heterocycles. The molecule has 892 valence electrons. The van der Waals surface area contributed by atoms with Crippen LogP contribution in [0.3, 0.4) is 0 Å². The summed E-state index contributed by atoms with van der Waals surface area (Å²) in [5.74, 6) is 6.16. The minimum Gasteiger partial charge on any atom is -0.459 e. The number of carbonyl (C=O) groups is 7. The lowest BCUT2D eigenvalue weighted by Gasteiger charge is -2.56. The SMILES string of the molecule is C.C.C.C.C.C.C.C.C.C.C.C.C.C.CCC(C)(C)C(=O)OC(C)(C)C1CCCCC1.CCC(C)(C)C(=O)OC(C)(C1CCCCC1)C1CCCCC1.CCC(C)(C)C(=O)OC(C)OC12CC3CC(CC(C3)C1)C2.CCC(C)(C)C(=O)OC1(C)CCC23CC1C(C)(C)C2CCC3C.CCC(C)(C)C(=O)OC1(C)CCCCC1.CCC(C)(C)C(=O)OC1(C)CCCCCCC1.CCC(C)(C)C(=O)OC1(C)CCCCCCCCC1. The minimum atomic E-state index is -0.418. The molecule has 148 heavy (non-hydrogen) atoms. The largest absolute Gasteiger partial charge is 0.459 e. The van der Waals surface area contributed by atoms with Crippen LogP contribution in [-0.2, 0) is 71.5 Å². The summed E-state index contributed by atoms with van der Waals surface area (Å²) in [7, 11) is 0. The second-order valence-electron chi connectivity index (χ2n) is 52.8. The summed E-state index contributed by atoms with van der Waals surface area (Å²) in [5.41, 5.74) is -3.16. The van der Waals surface area contributed by atoms with Crippen LogP contribution in [0.15, 0.2) is 0 Å². The van der Waals surface area contributed by atoms with Crippen LogP contribution in [0.1, 0.15) is 672 Å². The van der Waals surface area contributed by atoms with E-state index in [1.165, 1.54) is 257 Å². The molecule has 0 amide bonds. The number of fused-ring (bicyclic) bond motifs is 1. The van der Waals surface area contributed by atoms with Crippen LogP contribution in [-0.4, -0.2) is 87.3 Å². The number of hydrogen-bond acceptors (Lipinski definition) is 15. The van der Waals surface area contributed by atoms with E-state index in [0.717, 1.165) is 119 Å². The molecular weight excluding hydrogens is 1840 g/mol. The average molecular weight is 2110 g/mol. The van der Waals surface area contributed by atoms with Gasteiger partial charge in [0.2, 0.25) is 6.29 Å². The van der Waals surface area contributed by atoms with Gasteiger partial charge in [0.15, 0.2) is 0 Å². The van der Waals surface area contributed by atoms with E-state index < -0.39 is 11.7 Å². The highest BCUT2D eigenvalue weighted by atomic mass is 16.7. The normalized spacial score (nSPS) is 25.5. The molecule has 6 atom stereocenters. The van der Waals surface area contributed by atoms with Crippen molar-refractivity contribution >= 4 is 41.8 Å². The monoisotopic (exact) mass is 2110 g/mol. The number of ether oxygens (including phenoxy) is 8. The van der Waals surface area contributed by atoms with Crippen LogP contribution in [0.5, 0.6) is 0 Å². The van der Waals surface area contributed by atoms with E-state index >= 15 is 0 Å². The lowest BCUT2D eigenvalue weighted by atomic mass is 9.54.